The zero-order valence-corrected chi connectivity index (χ0v) is 20.0. The number of nitrogens with zero attached hydrogens (tertiary/aromatic N) is 1. The van der Waals surface area contributed by atoms with Crippen molar-refractivity contribution < 1.29 is 24.2 Å². The molecule has 0 spiro atoms. The number of carbonyl (C=O) groups excluding carboxylic acids is 2. The fourth-order valence-corrected chi connectivity index (χ4v) is 4.81. The molecule has 0 saturated carbocycles. The minimum Gasteiger partial charge on any atom is -0.507 e. The molecule has 1 saturated heterocycles. The zero-order valence-electron chi connectivity index (χ0n) is 20.0. The number of ketones is 1. The molecular formula is C29H26N2O5. The average molecular weight is 483 g/mol. The third-order valence-electron chi connectivity index (χ3n) is 6.62. The van der Waals surface area contributed by atoms with Gasteiger partial charge in [-0.1, -0.05) is 48.5 Å². The second-order valence-corrected chi connectivity index (χ2v) is 8.58. The molecule has 2 heterocycles. The van der Waals surface area contributed by atoms with Crippen LogP contribution in [-0.2, 0) is 16.0 Å². The van der Waals surface area contributed by atoms with Crippen molar-refractivity contribution >= 4 is 28.4 Å². The Hall–Kier alpha value is -4.52. The molecule has 182 valence electrons. The van der Waals surface area contributed by atoms with Crippen LogP contribution in [0, 0.1) is 0 Å². The number of likely N-dealkylation sites (tertiary alicyclic amines) is 1. The maximum absolute atomic E-state index is 13.3. The first-order chi connectivity index (χ1) is 17.5. The number of aliphatic hydroxyl groups is 1. The van der Waals surface area contributed by atoms with E-state index in [-0.39, 0.29) is 17.9 Å². The van der Waals surface area contributed by atoms with Gasteiger partial charge in [-0.2, -0.15) is 0 Å². The highest BCUT2D eigenvalue weighted by molar-refractivity contribution is 6.46. The molecule has 0 bridgehead atoms. The van der Waals surface area contributed by atoms with Gasteiger partial charge in [-0.25, -0.2) is 0 Å². The third kappa shape index (κ3) is 3.98. The predicted molar refractivity (Wildman–Crippen MR) is 137 cm³/mol. The SMILES string of the molecule is COc1ccc2[nH]cc(CCN3C(=O)C(=O)/C(=C(\O)c4ccccc4)C3c3ccccc3OC)c2c1. The van der Waals surface area contributed by atoms with E-state index in [4.69, 9.17) is 9.47 Å². The Kier molecular flexibility index (Phi) is 6.21. The maximum atomic E-state index is 13.3. The first kappa shape index (κ1) is 23.2. The van der Waals surface area contributed by atoms with Crippen LogP contribution in [0.3, 0.4) is 0 Å². The first-order valence-corrected chi connectivity index (χ1v) is 11.6. The number of fused-ring (bicyclic) bond motifs is 1. The van der Waals surface area contributed by atoms with Crippen molar-refractivity contribution in [3.05, 3.63) is 101 Å². The zero-order chi connectivity index (χ0) is 25.2. The molecule has 0 aliphatic carbocycles. The number of amides is 1. The van der Waals surface area contributed by atoms with Gasteiger partial charge in [-0.3, -0.25) is 9.59 Å². The molecule has 1 aromatic heterocycles. The van der Waals surface area contributed by atoms with E-state index in [1.165, 1.54) is 4.90 Å². The summed E-state index contributed by atoms with van der Waals surface area (Å²) < 4.78 is 10.9. The monoisotopic (exact) mass is 482 g/mol. The second kappa shape index (κ2) is 9.62. The number of nitrogens with one attached hydrogen (secondary N) is 1. The molecule has 1 fully saturated rings. The molecular weight excluding hydrogens is 456 g/mol. The largest absolute Gasteiger partial charge is 0.507 e. The summed E-state index contributed by atoms with van der Waals surface area (Å²) in [7, 11) is 3.16. The van der Waals surface area contributed by atoms with Gasteiger partial charge >= 0.3 is 0 Å². The number of H-pyrrole nitrogens is 1. The number of hydrogen-bond donors (Lipinski definition) is 2. The molecule has 2 N–H and O–H groups in total. The lowest BCUT2D eigenvalue weighted by Crippen LogP contribution is -2.31. The number of methoxy groups -OCH3 is 2. The highest BCUT2D eigenvalue weighted by Gasteiger charge is 2.46. The molecule has 1 aliphatic rings. The molecule has 0 radical (unpaired) electrons. The van der Waals surface area contributed by atoms with Gasteiger partial charge in [-0.15, -0.1) is 0 Å². The van der Waals surface area contributed by atoms with E-state index >= 15 is 0 Å². The molecule has 7 nitrogen and oxygen atoms in total. The minimum atomic E-state index is -0.791. The molecule has 5 rings (SSSR count). The number of para-hydroxylation sites is 1. The van der Waals surface area contributed by atoms with Crippen molar-refractivity contribution in [2.45, 2.75) is 12.5 Å². The molecule has 7 heteroatoms. The highest BCUT2D eigenvalue weighted by Crippen LogP contribution is 2.42. The van der Waals surface area contributed by atoms with Crippen LogP contribution in [0.15, 0.2) is 84.6 Å². The molecule has 1 amide bonds. The quantitative estimate of drug-likeness (QED) is 0.223. The second-order valence-electron chi connectivity index (χ2n) is 8.58. The van der Waals surface area contributed by atoms with Crippen molar-refractivity contribution in [1.29, 1.82) is 0 Å². The Labute approximate surface area is 208 Å². The number of rotatable bonds is 7. The first-order valence-electron chi connectivity index (χ1n) is 11.6. The van der Waals surface area contributed by atoms with E-state index in [2.05, 4.69) is 4.98 Å². The van der Waals surface area contributed by atoms with Gasteiger partial charge in [0.15, 0.2) is 0 Å². The van der Waals surface area contributed by atoms with E-state index in [0.29, 0.717) is 23.3 Å². The average Bonchev–Trinajstić information content (AvgIpc) is 3.44. The highest BCUT2D eigenvalue weighted by atomic mass is 16.5. The van der Waals surface area contributed by atoms with E-state index in [9.17, 15) is 14.7 Å². The number of benzene rings is 3. The summed E-state index contributed by atoms with van der Waals surface area (Å²) in [6, 6.07) is 21.0. The number of hydrogen-bond acceptors (Lipinski definition) is 5. The smallest absolute Gasteiger partial charge is 0.295 e. The molecule has 4 aromatic rings. The summed E-state index contributed by atoms with van der Waals surface area (Å²) in [6.45, 7) is 0.267. The van der Waals surface area contributed by atoms with E-state index < -0.39 is 17.7 Å². The number of aromatic amines is 1. The lowest BCUT2D eigenvalue weighted by atomic mass is 9.94. The summed E-state index contributed by atoms with van der Waals surface area (Å²) in [5.74, 6) is -0.302. The van der Waals surface area contributed by atoms with Gasteiger partial charge < -0.3 is 24.5 Å². The van der Waals surface area contributed by atoms with Crippen LogP contribution >= 0.6 is 0 Å². The summed E-state index contributed by atoms with van der Waals surface area (Å²) >= 11 is 0. The van der Waals surface area contributed by atoms with Crippen molar-refractivity contribution in [3.8, 4) is 11.5 Å². The van der Waals surface area contributed by atoms with E-state index in [0.717, 1.165) is 22.2 Å². The third-order valence-corrected chi connectivity index (χ3v) is 6.62. The van der Waals surface area contributed by atoms with Crippen LogP contribution in [0.5, 0.6) is 11.5 Å². The summed E-state index contributed by atoms with van der Waals surface area (Å²) in [4.78, 5) is 31.4. The molecule has 36 heavy (non-hydrogen) atoms. The van der Waals surface area contributed by atoms with Crippen molar-refractivity contribution in [2.24, 2.45) is 0 Å². The van der Waals surface area contributed by atoms with Crippen LogP contribution in [-0.4, -0.2) is 47.4 Å². The topological polar surface area (TPSA) is 91.9 Å². The lowest BCUT2D eigenvalue weighted by molar-refractivity contribution is -0.139. The van der Waals surface area contributed by atoms with Gasteiger partial charge in [-0.05, 0) is 36.2 Å². The predicted octanol–water partition coefficient (Wildman–Crippen LogP) is 4.85. The van der Waals surface area contributed by atoms with Crippen molar-refractivity contribution in [3.63, 3.8) is 0 Å². The van der Waals surface area contributed by atoms with E-state index in [1.54, 1.807) is 44.6 Å². The fraction of sp³-hybridized carbons (Fsp3) is 0.172. The number of aliphatic hydroxyl groups excluding tert-OH is 1. The van der Waals surface area contributed by atoms with Crippen molar-refractivity contribution in [1.82, 2.24) is 9.88 Å². The molecule has 1 aliphatic heterocycles. The molecule has 3 aromatic carbocycles. The molecule has 1 unspecified atom stereocenters. The minimum absolute atomic E-state index is 0.0521. The lowest BCUT2D eigenvalue weighted by Gasteiger charge is -2.26. The standard InChI is InChI=1S/C29H26N2O5/c1-35-20-12-13-23-22(16-20)19(17-30-23)14-15-31-26(21-10-6-7-11-24(21)36-2)25(28(33)29(31)34)27(32)18-8-4-3-5-9-18/h3-13,16-17,26,30,32H,14-15H2,1-2H3/b27-25-. The van der Waals surface area contributed by atoms with Crippen LogP contribution in [0.2, 0.25) is 0 Å². The van der Waals surface area contributed by atoms with Crippen LogP contribution in [0.1, 0.15) is 22.7 Å². The Morgan fingerprint density at radius 2 is 1.72 bits per heavy atom. The fourth-order valence-electron chi connectivity index (χ4n) is 4.81. The van der Waals surface area contributed by atoms with Crippen molar-refractivity contribution in [2.75, 3.05) is 20.8 Å². The summed E-state index contributed by atoms with van der Waals surface area (Å²) in [5.41, 5.74) is 3.11. The normalized spacial score (nSPS) is 17.1. The van der Waals surface area contributed by atoms with Gasteiger partial charge in [0.25, 0.3) is 11.7 Å². The molecule has 1 atom stereocenters. The van der Waals surface area contributed by atoms with E-state index in [1.807, 2.05) is 48.7 Å². The number of aromatic nitrogens is 1. The summed E-state index contributed by atoms with van der Waals surface area (Å²) in [5, 5.41) is 12.2. The number of ether oxygens (including phenoxy) is 2. The Morgan fingerprint density at radius 3 is 2.47 bits per heavy atom. The van der Waals surface area contributed by atoms with Crippen LogP contribution < -0.4 is 9.47 Å². The van der Waals surface area contributed by atoms with Crippen LogP contribution in [0.4, 0.5) is 0 Å². The van der Waals surface area contributed by atoms with Gasteiger partial charge in [0.1, 0.15) is 17.3 Å². The summed E-state index contributed by atoms with van der Waals surface area (Å²) in [6.07, 6.45) is 2.40. The van der Waals surface area contributed by atoms with Gasteiger partial charge in [0, 0.05) is 34.8 Å². The Morgan fingerprint density at radius 1 is 0.972 bits per heavy atom. The Bertz CT molecular complexity index is 1470. The maximum Gasteiger partial charge on any atom is 0.295 e. The Balaban J connectivity index is 1.58. The number of Topliss-reactive ketones (excluding diaryl/α,β-unsaturated/α-hetero) is 1. The number of carbonyl (C=O) groups is 2. The van der Waals surface area contributed by atoms with Gasteiger partial charge in [0.05, 0.1) is 25.8 Å². The van der Waals surface area contributed by atoms with Crippen LogP contribution in [0.25, 0.3) is 16.7 Å². The van der Waals surface area contributed by atoms with Gasteiger partial charge in [0.2, 0.25) is 0 Å².